The normalized spacial score (nSPS) is 9.93. The topological polar surface area (TPSA) is 57.8 Å². The quantitative estimate of drug-likeness (QED) is 0.781. The zero-order chi connectivity index (χ0) is 10.7. The minimum absolute atomic E-state index is 0.126. The second-order valence-corrected chi connectivity index (χ2v) is 3.17. The first-order valence-electron chi connectivity index (χ1n) is 4.64. The highest BCUT2D eigenvalue weighted by atomic mass is 16.1. The molecule has 4 nitrogen and oxygen atoms in total. The maximum absolute atomic E-state index is 10.9. The summed E-state index contributed by atoms with van der Waals surface area (Å²) in [5, 5.41) is 2.67. The number of aromatic amines is 1. The summed E-state index contributed by atoms with van der Waals surface area (Å²) >= 11 is 0. The average Bonchev–Trinajstić information content (AvgIpc) is 2.66. The molecule has 0 saturated carbocycles. The molecule has 0 aliphatic heterocycles. The molecule has 0 unspecified atom stereocenters. The van der Waals surface area contributed by atoms with E-state index in [1.165, 1.54) is 6.92 Å². The number of carbonyl (C=O) groups excluding carboxylic acids is 1. The van der Waals surface area contributed by atoms with E-state index in [1.807, 2.05) is 30.3 Å². The van der Waals surface area contributed by atoms with E-state index in [4.69, 9.17) is 0 Å². The summed E-state index contributed by atoms with van der Waals surface area (Å²) < 4.78 is 0. The van der Waals surface area contributed by atoms with Crippen molar-refractivity contribution < 1.29 is 4.79 Å². The maximum Gasteiger partial charge on any atom is 0.222 e. The van der Waals surface area contributed by atoms with Crippen LogP contribution in [0, 0.1) is 0 Å². The van der Waals surface area contributed by atoms with E-state index in [1.54, 1.807) is 6.33 Å². The van der Waals surface area contributed by atoms with Crippen molar-refractivity contribution >= 4 is 11.7 Å². The summed E-state index contributed by atoms with van der Waals surface area (Å²) in [4.78, 5) is 18.0. The maximum atomic E-state index is 10.9. The van der Waals surface area contributed by atoms with Gasteiger partial charge in [-0.25, -0.2) is 4.98 Å². The number of anilines is 1. The van der Waals surface area contributed by atoms with Crippen LogP contribution in [0.1, 0.15) is 6.92 Å². The fourth-order valence-corrected chi connectivity index (χ4v) is 1.38. The first-order valence-corrected chi connectivity index (χ1v) is 4.64. The monoisotopic (exact) mass is 201 g/mol. The number of amides is 1. The van der Waals surface area contributed by atoms with Crippen molar-refractivity contribution in [1.82, 2.24) is 9.97 Å². The minimum atomic E-state index is -0.126. The highest BCUT2D eigenvalue weighted by Gasteiger charge is 2.07. The molecule has 15 heavy (non-hydrogen) atoms. The highest BCUT2D eigenvalue weighted by Crippen LogP contribution is 2.23. The number of nitrogens with zero attached hydrogens (tertiary/aromatic N) is 1. The van der Waals surface area contributed by atoms with Gasteiger partial charge in [0.2, 0.25) is 5.91 Å². The van der Waals surface area contributed by atoms with Crippen molar-refractivity contribution in [3.63, 3.8) is 0 Å². The molecular weight excluding hydrogens is 190 g/mol. The van der Waals surface area contributed by atoms with Gasteiger partial charge >= 0.3 is 0 Å². The van der Waals surface area contributed by atoms with Crippen molar-refractivity contribution in [1.29, 1.82) is 0 Å². The van der Waals surface area contributed by atoms with Crippen LogP contribution >= 0.6 is 0 Å². The molecule has 1 aromatic heterocycles. The van der Waals surface area contributed by atoms with Gasteiger partial charge in [0.05, 0.1) is 12.0 Å². The Morgan fingerprint density at radius 1 is 1.33 bits per heavy atom. The Balaban J connectivity index is 2.37. The highest BCUT2D eigenvalue weighted by molar-refractivity contribution is 5.91. The van der Waals surface area contributed by atoms with Gasteiger partial charge in [-0.15, -0.1) is 0 Å². The van der Waals surface area contributed by atoms with Crippen molar-refractivity contribution in [2.75, 3.05) is 5.32 Å². The Kier molecular flexibility index (Phi) is 2.49. The molecule has 4 heteroatoms. The van der Waals surface area contributed by atoms with Gasteiger partial charge in [-0.3, -0.25) is 4.79 Å². The number of H-pyrrole nitrogens is 1. The first-order chi connectivity index (χ1) is 7.27. The third kappa shape index (κ3) is 2.04. The van der Waals surface area contributed by atoms with Crippen LogP contribution in [0.15, 0.2) is 36.7 Å². The second kappa shape index (κ2) is 3.96. The number of hydrogen-bond acceptors (Lipinski definition) is 2. The van der Waals surface area contributed by atoms with E-state index in [-0.39, 0.29) is 5.91 Å². The molecule has 0 saturated heterocycles. The van der Waals surface area contributed by atoms with Gasteiger partial charge in [-0.1, -0.05) is 30.3 Å². The predicted octanol–water partition coefficient (Wildman–Crippen LogP) is 2.04. The molecule has 1 amide bonds. The molecule has 0 bridgehead atoms. The molecule has 76 valence electrons. The number of benzene rings is 1. The van der Waals surface area contributed by atoms with Gasteiger partial charge in [0, 0.05) is 12.5 Å². The predicted molar refractivity (Wildman–Crippen MR) is 58.3 cm³/mol. The van der Waals surface area contributed by atoms with Crippen LogP contribution in [-0.2, 0) is 4.79 Å². The van der Waals surface area contributed by atoms with Crippen LogP contribution in [0.3, 0.4) is 0 Å². The first kappa shape index (κ1) is 9.45. The molecule has 0 fully saturated rings. The van der Waals surface area contributed by atoms with E-state index in [9.17, 15) is 4.79 Å². The van der Waals surface area contributed by atoms with Gasteiger partial charge in [0.15, 0.2) is 5.82 Å². The Morgan fingerprint density at radius 2 is 2.07 bits per heavy atom. The number of imidazole rings is 1. The molecule has 1 heterocycles. The van der Waals surface area contributed by atoms with Gasteiger partial charge in [-0.05, 0) is 0 Å². The molecule has 0 radical (unpaired) electrons. The number of carbonyl (C=O) groups is 1. The Morgan fingerprint density at radius 3 is 2.73 bits per heavy atom. The van der Waals surface area contributed by atoms with Gasteiger partial charge in [0.1, 0.15) is 0 Å². The molecule has 1 aromatic carbocycles. The second-order valence-electron chi connectivity index (χ2n) is 3.17. The summed E-state index contributed by atoms with van der Waals surface area (Å²) in [6.45, 7) is 1.46. The van der Waals surface area contributed by atoms with Crippen molar-refractivity contribution in [2.45, 2.75) is 6.92 Å². The lowest BCUT2D eigenvalue weighted by atomic mass is 10.1. The smallest absolute Gasteiger partial charge is 0.222 e. The molecular formula is C11H11N3O. The fraction of sp³-hybridized carbons (Fsp3) is 0.0909. The standard InChI is InChI=1S/C11H11N3O/c1-8(15)14-11-10(12-7-13-11)9-5-3-2-4-6-9/h2-7H,1H3,(H,12,13)(H,14,15). The van der Waals surface area contributed by atoms with E-state index < -0.39 is 0 Å². The lowest BCUT2D eigenvalue weighted by molar-refractivity contribution is -0.114. The van der Waals surface area contributed by atoms with Crippen LogP contribution in [0.4, 0.5) is 5.82 Å². The Hall–Kier alpha value is -2.10. The van der Waals surface area contributed by atoms with E-state index >= 15 is 0 Å². The number of aromatic nitrogens is 2. The van der Waals surface area contributed by atoms with E-state index in [0.29, 0.717) is 5.82 Å². The Bertz CT molecular complexity index is 462. The van der Waals surface area contributed by atoms with E-state index in [0.717, 1.165) is 11.3 Å². The molecule has 2 N–H and O–H groups in total. The fourth-order valence-electron chi connectivity index (χ4n) is 1.38. The van der Waals surface area contributed by atoms with Crippen molar-refractivity contribution in [2.24, 2.45) is 0 Å². The third-order valence-electron chi connectivity index (χ3n) is 2.00. The zero-order valence-electron chi connectivity index (χ0n) is 8.32. The number of nitrogens with one attached hydrogen (secondary N) is 2. The Labute approximate surface area is 87.4 Å². The molecule has 0 aliphatic rings. The molecule has 0 spiro atoms. The van der Waals surface area contributed by atoms with Gasteiger partial charge < -0.3 is 10.3 Å². The van der Waals surface area contributed by atoms with Crippen molar-refractivity contribution in [3.8, 4) is 11.3 Å². The SMILES string of the molecule is CC(=O)Nc1nc[nH]c1-c1ccccc1. The third-order valence-corrected chi connectivity index (χ3v) is 2.00. The zero-order valence-corrected chi connectivity index (χ0v) is 8.32. The average molecular weight is 201 g/mol. The van der Waals surface area contributed by atoms with Crippen LogP contribution < -0.4 is 5.32 Å². The molecule has 2 rings (SSSR count). The molecule has 0 aliphatic carbocycles. The van der Waals surface area contributed by atoms with E-state index in [2.05, 4.69) is 15.3 Å². The van der Waals surface area contributed by atoms with Crippen LogP contribution in [0.2, 0.25) is 0 Å². The number of hydrogen-bond donors (Lipinski definition) is 2. The summed E-state index contributed by atoms with van der Waals surface area (Å²) in [5.41, 5.74) is 1.82. The number of rotatable bonds is 2. The van der Waals surface area contributed by atoms with Gasteiger partial charge in [-0.2, -0.15) is 0 Å². The minimum Gasteiger partial charge on any atom is -0.343 e. The molecule has 2 aromatic rings. The van der Waals surface area contributed by atoms with Crippen LogP contribution in [-0.4, -0.2) is 15.9 Å². The lowest BCUT2D eigenvalue weighted by Gasteiger charge is -2.02. The van der Waals surface area contributed by atoms with Crippen LogP contribution in [0.25, 0.3) is 11.3 Å². The summed E-state index contributed by atoms with van der Waals surface area (Å²) in [6.07, 6.45) is 1.56. The lowest BCUT2D eigenvalue weighted by Crippen LogP contribution is -2.06. The summed E-state index contributed by atoms with van der Waals surface area (Å²) in [5.74, 6) is 0.438. The van der Waals surface area contributed by atoms with Crippen LogP contribution in [0.5, 0.6) is 0 Å². The van der Waals surface area contributed by atoms with Gasteiger partial charge in [0.25, 0.3) is 0 Å². The van der Waals surface area contributed by atoms with Crippen molar-refractivity contribution in [3.05, 3.63) is 36.7 Å². The summed E-state index contributed by atoms with van der Waals surface area (Å²) in [6, 6.07) is 9.73. The largest absolute Gasteiger partial charge is 0.343 e. The molecule has 0 atom stereocenters. The summed E-state index contributed by atoms with van der Waals surface area (Å²) in [7, 11) is 0.